The number of rotatable bonds is 3. The summed E-state index contributed by atoms with van der Waals surface area (Å²) in [7, 11) is 0. The van der Waals surface area contributed by atoms with Crippen LogP contribution in [0.15, 0.2) is 60.0 Å². The molecule has 0 saturated carbocycles. The highest BCUT2D eigenvalue weighted by Crippen LogP contribution is 2.28. The van der Waals surface area contributed by atoms with Gasteiger partial charge in [0.15, 0.2) is 0 Å². The molecular weight excluding hydrogens is 296 g/mol. The fourth-order valence-corrected chi connectivity index (χ4v) is 2.34. The van der Waals surface area contributed by atoms with Crippen molar-refractivity contribution in [1.29, 1.82) is 0 Å². The van der Waals surface area contributed by atoms with Gasteiger partial charge in [0.25, 0.3) is 5.69 Å². The molecule has 0 bridgehead atoms. The monoisotopic (exact) mass is 310 g/mol. The second-order valence-corrected chi connectivity index (χ2v) is 5.05. The van der Waals surface area contributed by atoms with Gasteiger partial charge < -0.3 is 10.0 Å². The second kappa shape index (κ2) is 5.98. The molecule has 0 spiro atoms. The van der Waals surface area contributed by atoms with Gasteiger partial charge in [-0.25, -0.2) is 4.99 Å². The molecule has 116 valence electrons. The number of benzene rings is 1. The Labute approximate surface area is 132 Å². The molecule has 7 heteroatoms. The molecular formula is C16H14N4O3. The number of aryl methyl sites for hydroxylation is 1. The summed E-state index contributed by atoms with van der Waals surface area (Å²) in [5.74, 6) is 0. The van der Waals surface area contributed by atoms with E-state index in [2.05, 4.69) is 9.98 Å². The van der Waals surface area contributed by atoms with Crippen molar-refractivity contribution in [2.45, 2.75) is 13.3 Å². The Morgan fingerprint density at radius 1 is 1.35 bits per heavy atom. The number of aliphatic hydroxyl groups excluding tert-OH is 1. The molecule has 7 nitrogen and oxygen atoms in total. The number of anilines is 1. The fourth-order valence-electron chi connectivity index (χ4n) is 2.34. The van der Waals surface area contributed by atoms with Gasteiger partial charge in [0.05, 0.1) is 16.3 Å². The van der Waals surface area contributed by atoms with Crippen molar-refractivity contribution in [2.24, 2.45) is 4.99 Å². The van der Waals surface area contributed by atoms with Gasteiger partial charge in [-0.15, -0.1) is 0 Å². The molecule has 3 rings (SSSR count). The third-order valence-electron chi connectivity index (χ3n) is 3.54. The summed E-state index contributed by atoms with van der Waals surface area (Å²) in [6.07, 6.45) is 5.56. The summed E-state index contributed by atoms with van der Waals surface area (Å²) in [6, 6.07) is 8.14. The number of non-ortho nitro benzene ring substituents is 1. The minimum atomic E-state index is -1.16. The van der Waals surface area contributed by atoms with Crippen LogP contribution in [0.3, 0.4) is 0 Å². The van der Waals surface area contributed by atoms with E-state index in [0.717, 1.165) is 11.1 Å². The van der Waals surface area contributed by atoms with Crippen molar-refractivity contribution in [3.05, 3.63) is 76.2 Å². The Kier molecular flexibility index (Phi) is 3.86. The highest BCUT2D eigenvalue weighted by Gasteiger charge is 2.21. The zero-order valence-electron chi connectivity index (χ0n) is 12.3. The van der Waals surface area contributed by atoms with Crippen LogP contribution in [0.2, 0.25) is 0 Å². The van der Waals surface area contributed by atoms with Crippen LogP contribution in [0.25, 0.3) is 0 Å². The summed E-state index contributed by atoms with van der Waals surface area (Å²) in [6.45, 7) is 1.82. The largest absolute Gasteiger partial charge is 0.355 e. The van der Waals surface area contributed by atoms with Crippen LogP contribution in [0.5, 0.6) is 0 Å². The van der Waals surface area contributed by atoms with Gasteiger partial charge >= 0.3 is 0 Å². The number of pyridine rings is 1. The van der Waals surface area contributed by atoms with Gasteiger partial charge in [0.2, 0.25) is 6.35 Å². The van der Waals surface area contributed by atoms with E-state index in [1.165, 1.54) is 17.0 Å². The Hall–Kier alpha value is -3.06. The standard InChI is InChI=1S/C16H14N4O3/c1-11-4-5-13(20(22)23)9-15(11)19-8-6-14(18-16(19)21)12-3-2-7-17-10-12/h2-10,16,21H,1H3. The van der Waals surface area contributed by atoms with Crippen LogP contribution in [0, 0.1) is 17.0 Å². The Morgan fingerprint density at radius 2 is 2.17 bits per heavy atom. The van der Waals surface area contributed by atoms with Crippen molar-refractivity contribution in [2.75, 3.05) is 4.90 Å². The molecule has 0 amide bonds. The molecule has 23 heavy (non-hydrogen) atoms. The predicted octanol–water partition coefficient (Wildman–Crippen LogP) is 2.40. The summed E-state index contributed by atoms with van der Waals surface area (Å²) in [4.78, 5) is 20.2. The van der Waals surface area contributed by atoms with Gasteiger partial charge in [0.1, 0.15) is 0 Å². The van der Waals surface area contributed by atoms with E-state index in [1.807, 2.05) is 13.0 Å². The van der Waals surface area contributed by atoms with E-state index in [9.17, 15) is 15.2 Å². The molecule has 1 aliphatic rings. The number of nitrogens with zero attached hydrogens (tertiary/aromatic N) is 4. The lowest BCUT2D eigenvalue weighted by atomic mass is 10.1. The second-order valence-electron chi connectivity index (χ2n) is 5.05. The molecule has 1 unspecified atom stereocenters. The van der Waals surface area contributed by atoms with Crippen LogP contribution in [-0.2, 0) is 0 Å². The lowest BCUT2D eigenvalue weighted by Crippen LogP contribution is -2.33. The van der Waals surface area contributed by atoms with Crippen molar-refractivity contribution < 1.29 is 10.0 Å². The average Bonchev–Trinajstić information content (AvgIpc) is 2.56. The highest BCUT2D eigenvalue weighted by atomic mass is 16.6. The van der Waals surface area contributed by atoms with Gasteiger partial charge in [-0.1, -0.05) is 6.07 Å². The Balaban J connectivity index is 1.93. The third-order valence-corrected chi connectivity index (χ3v) is 3.54. The SMILES string of the molecule is Cc1ccc([N+](=O)[O-])cc1N1C=CC(c2cccnc2)=NC1O. The van der Waals surface area contributed by atoms with Gasteiger partial charge in [-0.3, -0.25) is 15.1 Å². The van der Waals surface area contributed by atoms with Crippen LogP contribution in [-0.4, -0.2) is 27.1 Å². The molecule has 2 heterocycles. The molecule has 0 fully saturated rings. The summed E-state index contributed by atoms with van der Waals surface area (Å²) in [5, 5.41) is 21.2. The topological polar surface area (TPSA) is 91.9 Å². The summed E-state index contributed by atoms with van der Waals surface area (Å²) in [5.41, 5.74) is 2.70. The number of nitro groups is 1. The summed E-state index contributed by atoms with van der Waals surface area (Å²) < 4.78 is 0. The first-order chi connectivity index (χ1) is 11.1. The van der Waals surface area contributed by atoms with Crippen LogP contribution < -0.4 is 4.90 Å². The van der Waals surface area contributed by atoms with E-state index in [-0.39, 0.29) is 5.69 Å². The van der Waals surface area contributed by atoms with Crippen LogP contribution >= 0.6 is 0 Å². The Morgan fingerprint density at radius 3 is 2.83 bits per heavy atom. The van der Waals surface area contributed by atoms with Crippen molar-refractivity contribution in [1.82, 2.24) is 4.98 Å². The maximum Gasteiger partial charge on any atom is 0.271 e. The van der Waals surface area contributed by atoms with Gasteiger partial charge in [0, 0.05) is 36.3 Å². The third kappa shape index (κ3) is 2.95. The maximum atomic E-state index is 10.9. The van der Waals surface area contributed by atoms with Crippen LogP contribution in [0.4, 0.5) is 11.4 Å². The number of allylic oxidation sites excluding steroid dienone is 1. The van der Waals surface area contributed by atoms with E-state index in [0.29, 0.717) is 11.4 Å². The smallest absolute Gasteiger partial charge is 0.271 e. The zero-order chi connectivity index (χ0) is 16.4. The van der Waals surface area contributed by atoms with Crippen molar-refractivity contribution >= 4 is 17.1 Å². The van der Waals surface area contributed by atoms with E-state index < -0.39 is 11.3 Å². The molecule has 1 aromatic heterocycles. The molecule has 0 saturated heterocycles. The molecule has 1 atom stereocenters. The minimum absolute atomic E-state index is 0.0340. The molecule has 1 aliphatic heterocycles. The average molecular weight is 310 g/mol. The zero-order valence-corrected chi connectivity index (χ0v) is 12.3. The molecule has 1 N–H and O–H groups in total. The first-order valence-corrected chi connectivity index (χ1v) is 6.94. The summed E-state index contributed by atoms with van der Waals surface area (Å²) >= 11 is 0. The lowest BCUT2D eigenvalue weighted by molar-refractivity contribution is -0.384. The first kappa shape index (κ1) is 14.9. The van der Waals surface area contributed by atoms with E-state index >= 15 is 0 Å². The molecule has 2 aromatic rings. The lowest BCUT2D eigenvalue weighted by Gasteiger charge is -2.28. The van der Waals surface area contributed by atoms with Gasteiger partial charge in [-0.05, 0) is 30.7 Å². The molecule has 0 radical (unpaired) electrons. The van der Waals surface area contributed by atoms with Crippen LogP contribution in [0.1, 0.15) is 11.1 Å². The van der Waals surface area contributed by atoms with Gasteiger partial charge in [-0.2, -0.15) is 0 Å². The first-order valence-electron chi connectivity index (χ1n) is 6.94. The van der Waals surface area contributed by atoms with Crippen molar-refractivity contribution in [3.8, 4) is 0 Å². The van der Waals surface area contributed by atoms with E-state index in [1.54, 1.807) is 36.8 Å². The predicted molar refractivity (Wildman–Crippen MR) is 86.2 cm³/mol. The highest BCUT2D eigenvalue weighted by molar-refractivity contribution is 6.09. The van der Waals surface area contributed by atoms with Crippen molar-refractivity contribution in [3.63, 3.8) is 0 Å². The number of hydrogen-bond donors (Lipinski definition) is 1. The molecule has 1 aromatic carbocycles. The maximum absolute atomic E-state index is 10.9. The Bertz CT molecular complexity index is 802. The molecule has 0 aliphatic carbocycles. The quantitative estimate of drug-likeness (QED) is 0.694. The normalized spacial score (nSPS) is 17.0. The number of aliphatic hydroxyl groups is 1. The fraction of sp³-hybridized carbons (Fsp3) is 0.125. The minimum Gasteiger partial charge on any atom is -0.355 e. The van der Waals surface area contributed by atoms with E-state index in [4.69, 9.17) is 0 Å². The number of hydrogen-bond acceptors (Lipinski definition) is 6. The number of nitro benzene ring substituents is 1. The number of aromatic nitrogens is 1. The number of aliphatic imine (C=N–C) groups is 1.